The zero-order chi connectivity index (χ0) is 12.1. The molecule has 3 N–H and O–H groups in total. The lowest BCUT2D eigenvalue weighted by molar-refractivity contribution is 0.0695. The molecule has 0 fully saturated rings. The molecule has 0 aliphatic heterocycles. The van der Waals surface area contributed by atoms with E-state index in [2.05, 4.69) is 13.8 Å². The van der Waals surface area contributed by atoms with E-state index >= 15 is 0 Å². The van der Waals surface area contributed by atoms with Crippen molar-refractivity contribution in [3.8, 4) is 0 Å². The van der Waals surface area contributed by atoms with Crippen molar-refractivity contribution in [2.45, 2.75) is 32.7 Å². The zero-order valence-corrected chi connectivity index (χ0v) is 11.0. The standard InChI is InChI=1S/C13H19NO2.ClH/c1-9(2)7-8-12(14)10-5-3-4-6-11(10)13(15)16;/h3-6,9,12H,7-8,14H2,1-2H3,(H,15,16);1H/t12-;/m0./s1. The lowest BCUT2D eigenvalue weighted by atomic mass is 9.95. The summed E-state index contributed by atoms with van der Waals surface area (Å²) in [5.41, 5.74) is 7.07. The van der Waals surface area contributed by atoms with Crippen LogP contribution in [0, 0.1) is 5.92 Å². The fourth-order valence-electron chi connectivity index (χ4n) is 1.68. The Balaban J connectivity index is 0.00000256. The van der Waals surface area contributed by atoms with E-state index in [-0.39, 0.29) is 18.4 Å². The van der Waals surface area contributed by atoms with Crippen molar-refractivity contribution in [2.24, 2.45) is 11.7 Å². The van der Waals surface area contributed by atoms with Crippen molar-refractivity contribution in [2.75, 3.05) is 0 Å². The predicted octanol–water partition coefficient (Wildman–Crippen LogP) is 3.24. The van der Waals surface area contributed by atoms with Gasteiger partial charge in [-0.15, -0.1) is 12.4 Å². The number of benzene rings is 1. The number of carbonyl (C=O) groups is 1. The minimum absolute atomic E-state index is 0. The molecule has 4 heteroatoms. The zero-order valence-electron chi connectivity index (χ0n) is 10.2. The van der Waals surface area contributed by atoms with E-state index < -0.39 is 5.97 Å². The Morgan fingerprint density at radius 3 is 2.41 bits per heavy atom. The van der Waals surface area contributed by atoms with Crippen LogP contribution in [-0.4, -0.2) is 11.1 Å². The Bertz CT molecular complexity index is 366. The molecular weight excluding hydrogens is 238 g/mol. The molecule has 17 heavy (non-hydrogen) atoms. The molecule has 0 saturated carbocycles. The molecule has 1 atom stereocenters. The smallest absolute Gasteiger partial charge is 0.336 e. The average Bonchev–Trinajstić information content (AvgIpc) is 2.25. The fraction of sp³-hybridized carbons (Fsp3) is 0.462. The molecular formula is C13H20ClNO2. The molecule has 0 spiro atoms. The van der Waals surface area contributed by atoms with Crippen molar-refractivity contribution in [3.63, 3.8) is 0 Å². The van der Waals surface area contributed by atoms with Crippen molar-refractivity contribution in [1.82, 2.24) is 0 Å². The maximum absolute atomic E-state index is 11.0. The number of aromatic carboxylic acids is 1. The molecule has 3 nitrogen and oxygen atoms in total. The van der Waals surface area contributed by atoms with E-state index in [9.17, 15) is 4.79 Å². The fourth-order valence-corrected chi connectivity index (χ4v) is 1.68. The monoisotopic (exact) mass is 257 g/mol. The summed E-state index contributed by atoms with van der Waals surface area (Å²) in [5.74, 6) is -0.321. The van der Waals surface area contributed by atoms with Gasteiger partial charge in [0.25, 0.3) is 0 Å². The van der Waals surface area contributed by atoms with Gasteiger partial charge in [0.1, 0.15) is 0 Å². The summed E-state index contributed by atoms with van der Waals surface area (Å²) >= 11 is 0. The maximum atomic E-state index is 11.0. The van der Waals surface area contributed by atoms with Crippen LogP contribution in [0.15, 0.2) is 24.3 Å². The quantitative estimate of drug-likeness (QED) is 0.851. The minimum Gasteiger partial charge on any atom is -0.478 e. The number of carboxylic acids is 1. The highest BCUT2D eigenvalue weighted by molar-refractivity contribution is 5.89. The third kappa shape index (κ3) is 4.75. The highest BCUT2D eigenvalue weighted by Crippen LogP contribution is 2.21. The lowest BCUT2D eigenvalue weighted by Crippen LogP contribution is -2.15. The predicted molar refractivity (Wildman–Crippen MR) is 71.6 cm³/mol. The summed E-state index contributed by atoms with van der Waals surface area (Å²) in [6, 6.07) is 6.77. The molecule has 96 valence electrons. The van der Waals surface area contributed by atoms with Gasteiger partial charge >= 0.3 is 5.97 Å². The number of hydrogen-bond donors (Lipinski definition) is 2. The molecule has 0 aliphatic rings. The highest BCUT2D eigenvalue weighted by Gasteiger charge is 2.15. The number of carboxylic acid groups (broad SMARTS) is 1. The van der Waals surface area contributed by atoms with Crippen LogP contribution >= 0.6 is 12.4 Å². The van der Waals surface area contributed by atoms with E-state index in [1.165, 1.54) is 0 Å². The van der Waals surface area contributed by atoms with Gasteiger partial charge in [-0.05, 0) is 30.4 Å². The van der Waals surface area contributed by atoms with E-state index in [4.69, 9.17) is 10.8 Å². The van der Waals surface area contributed by atoms with Gasteiger partial charge in [0.2, 0.25) is 0 Å². The first-order valence-corrected chi connectivity index (χ1v) is 5.60. The van der Waals surface area contributed by atoms with Crippen LogP contribution in [0.2, 0.25) is 0 Å². The van der Waals surface area contributed by atoms with Crippen molar-refractivity contribution in [1.29, 1.82) is 0 Å². The Labute approximate surface area is 108 Å². The van der Waals surface area contributed by atoms with Gasteiger partial charge in [-0.1, -0.05) is 32.0 Å². The van der Waals surface area contributed by atoms with Gasteiger partial charge in [-0.2, -0.15) is 0 Å². The number of nitrogens with two attached hydrogens (primary N) is 1. The van der Waals surface area contributed by atoms with Crippen molar-refractivity contribution < 1.29 is 9.90 Å². The van der Waals surface area contributed by atoms with Crippen molar-refractivity contribution >= 4 is 18.4 Å². The Kier molecular flexibility index (Phi) is 6.85. The van der Waals surface area contributed by atoms with Crippen LogP contribution in [0.5, 0.6) is 0 Å². The molecule has 0 heterocycles. The Hall–Kier alpha value is -1.06. The van der Waals surface area contributed by atoms with Crippen LogP contribution in [0.1, 0.15) is 48.7 Å². The highest BCUT2D eigenvalue weighted by atomic mass is 35.5. The van der Waals surface area contributed by atoms with E-state index in [0.717, 1.165) is 18.4 Å². The molecule has 0 aromatic heterocycles. The molecule has 0 saturated heterocycles. The normalized spacial score (nSPS) is 12.0. The summed E-state index contributed by atoms with van der Waals surface area (Å²) in [6.45, 7) is 4.27. The topological polar surface area (TPSA) is 63.3 Å². The number of halogens is 1. The first-order valence-electron chi connectivity index (χ1n) is 5.60. The van der Waals surface area contributed by atoms with Gasteiger partial charge in [-0.25, -0.2) is 4.79 Å². The minimum atomic E-state index is -0.907. The molecule has 0 amide bonds. The maximum Gasteiger partial charge on any atom is 0.336 e. The third-order valence-corrected chi connectivity index (χ3v) is 2.65. The largest absolute Gasteiger partial charge is 0.478 e. The number of hydrogen-bond acceptors (Lipinski definition) is 2. The van der Waals surface area contributed by atoms with Crippen molar-refractivity contribution in [3.05, 3.63) is 35.4 Å². The van der Waals surface area contributed by atoms with Crippen LogP contribution < -0.4 is 5.73 Å². The summed E-state index contributed by atoms with van der Waals surface area (Å²) in [6.07, 6.45) is 1.83. The third-order valence-electron chi connectivity index (χ3n) is 2.65. The second-order valence-corrected chi connectivity index (χ2v) is 4.47. The first-order chi connectivity index (χ1) is 7.52. The van der Waals surface area contributed by atoms with Crippen LogP contribution in [0.3, 0.4) is 0 Å². The molecule has 1 aromatic rings. The summed E-state index contributed by atoms with van der Waals surface area (Å²) in [7, 11) is 0. The van der Waals surface area contributed by atoms with Crippen LogP contribution in [0.4, 0.5) is 0 Å². The van der Waals surface area contributed by atoms with Crippen LogP contribution in [0.25, 0.3) is 0 Å². The van der Waals surface area contributed by atoms with Gasteiger partial charge in [0.05, 0.1) is 5.56 Å². The van der Waals surface area contributed by atoms with Gasteiger partial charge < -0.3 is 10.8 Å². The summed E-state index contributed by atoms with van der Waals surface area (Å²) in [4.78, 5) is 11.0. The molecule has 1 aromatic carbocycles. The van der Waals surface area contributed by atoms with Gasteiger partial charge in [-0.3, -0.25) is 0 Å². The molecule has 0 bridgehead atoms. The number of rotatable bonds is 5. The Morgan fingerprint density at radius 1 is 1.29 bits per heavy atom. The molecule has 0 radical (unpaired) electrons. The van der Waals surface area contributed by atoms with Gasteiger partial charge in [0, 0.05) is 6.04 Å². The second kappa shape index (κ2) is 7.30. The summed E-state index contributed by atoms with van der Waals surface area (Å²) in [5, 5.41) is 9.04. The van der Waals surface area contributed by atoms with Crippen LogP contribution in [-0.2, 0) is 0 Å². The van der Waals surface area contributed by atoms with E-state index in [0.29, 0.717) is 11.5 Å². The molecule has 1 rings (SSSR count). The molecule has 0 aliphatic carbocycles. The SMILES string of the molecule is CC(C)CC[C@H](N)c1ccccc1C(=O)O.Cl. The van der Waals surface area contributed by atoms with E-state index in [1.807, 2.05) is 6.07 Å². The average molecular weight is 258 g/mol. The first kappa shape index (κ1) is 15.9. The van der Waals surface area contributed by atoms with E-state index in [1.54, 1.807) is 18.2 Å². The molecule has 0 unspecified atom stereocenters. The van der Waals surface area contributed by atoms with Gasteiger partial charge in [0.15, 0.2) is 0 Å². The Morgan fingerprint density at radius 2 is 1.88 bits per heavy atom. The second-order valence-electron chi connectivity index (χ2n) is 4.47. The summed E-state index contributed by atoms with van der Waals surface area (Å²) < 4.78 is 0. The lowest BCUT2D eigenvalue weighted by Gasteiger charge is -2.15.